The fourth-order valence-electron chi connectivity index (χ4n) is 2.39. The lowest BCUT2D eigenvalue weighted by molar-refractivity contribution is -0.188. The Kier molecular flexibility index (Phi) is 4.42. The van der Waals surface area contributed by atoms with Gasteiger partial charge in [0.2, 0.25) is 5.91 Å². The van der Waals surface area contributed by atoms with E-state index in [-0.39, 0.29) is 24.9 Å². The Morgan fingerprint density at radius 2 is 2.17 bits per heavy atom. The van der Waals surface area contributed by atoms with E-state index in [1.807, 2.05) is 0 Å². The van der Waals surface area contributed by atoms with Crippen LogP contribution in [0.1, 0.15) is 12.8 Å². The number of piperidine rings is 1. The van der Waals surface area contributed by atoms with E-state index in [0.29, 0.717) is 18.7 Å². The van der Waals surface area contributed by atoms with E-state index < -0.39 is 12.1 Å². The van der Waals surface area contributed by atoms with Crippen LogP contribution in [0.3, 0.4) is 0 Å². The van der Waals surface area contributed by atoms with Crippen molar-refractivity contribution in [2.24, 2.45) is 5.92 Å². The standard InChI is InChI=1S/C11H17F3N2OS/c12-11(13,14)8-2-1-4-16(6-8)10(17)9-7-18-5-3-15-9/h8-9,15H,1-7H2. The van der Waals surface area contributed by atoms with E-state index in [1.165, 1.54) is 4.90 Å². The summed E-state index contributed by atoms with van der Waals surface area (Å²) in [6, 6.07) is -0.310. The van der Waals surface area contributed by atoms with Gasteiger partial charge in [-0.05, 0) is 12.8 Å². The van der Waals surface area contributed by atoms with Gasteiger partial charge >= 0.3 is 6.18 Å². The number of carbonyl (C=O) groups excluding carboxylic acids is 1. The molecule has 7 heteroatoms. The topological polar surface area (TPSA) is 32.3 Å². The van der Waals surface area contributed by atoms with Gasteiger partial charge in [-0.2, -0.15) is 24.9 Å². The van der Waals surface area contributed by atoms with E-state index in [2.05, 4.69) is 5.32 Å². The number of rotatable bonds is 1. The van der Waals surface area contributed by atoms with Crippen molar-refractivity contribution in [3.05, 3.63) is 0 Å². The van der Waals surface area contributed by atoms with E-state index >= 15 is 0 Å². The van der Waals surface area contributed by atoms with Gasteiger partial charge in [0.15, 0.2) is 0 Å². The smallest absolute Gasteiger partial charge is 0.341 e. The first kappa shape index (κ1) is 14.0. The molecular formula is C11H17F3N2OS. The number of halogens is 3. The van der Waals surface area contributed by atoms with Gasteiger partial charge < -0.3 is 10.2 Å². The highest BCUT2D eigenvalue weighted by atomic mass is 32.2. The van der Waals surface area contributed by atoms with E-state index in [0.717, 1.165) is 12.3 Å². The summed E-state index contributed by atoms with van der Waals surface area (Å²) < 4.78 is 38.0. The molecule has 0 saturated carbocycles. The molecule has 1 N–H and O–H groups in total. The molecule has 104 valence electrons. The van der Waals surface area contributed by atoms with Crippen LogP contribution in [0.5, 0.6) is 0 Å². The number of hydrogen-bond acceptors (Lipinski definition) is 3. The van der Waals surface area contributed by atoms with Crippen LogP contribution in [0, 0.1) is 5.92 Å². The zero-order chi connectivity index (χ0) is 13.2. The van der Waals surface area contributed by atoms with Gasteiger partial charge in [-0.3, -0.25) is 4.79 Å². The van der Waals surface area contributed by atoms with Crippen molar-refractivity contribution in [3.63, 3.8) is 0 Å². The lowest BCUT2D eigenvalue weighted by Crippen LogP contribution is -2.54. The number of nitrogens with one attached hydrogen (secondary N) is 1. The molecule has 2 unspecified atom stereocenters. The highest BCUT2D eigenvalue weighted by Crippen LogP contribution is 2.33. The summed E-state index contributed by atoms with van der Waals surface area (Å²) in [7, 11) is 0. The molecule has 0 aromatic carbocycles. The maximum atomic E-state index is 12.7. The highest BCUT2D eigenvalue weighted by Gasteiger charge is 2.43. The van der Waals surface area contributed by atoms with Crippen molar-refractivity contribution in [3.8, 4) is 0 Å². The van der Waals surface area contributed by atoms with Gasteiger partial charge in [0.05, 0.1) is 12.0 Å². The Balaban J connectivity index is 1.93. The van der Waals surface area contributed by atoms with Crippen LogP contribution >= 0.6 is 11.8 Å². The molecule has 0 aromatic heterocycles. The fraction of sp³-hybridized carbons (Fsp3) is 0.909. The van der Waals surface area contributed by atoms with Crippen LogP contribution in [0.4, 0.5) is 13.2 Å². The summed E-state index contributed by atoms with van der Waals surface area (Å²) in [5.41, 5.74) is 0. The Labute approximate surface area is 108 Å². The first-order valence-corrected chi connectivity index (χ1v) is 7.30. The molecule has 2 aliphatic heterocycles. The molecule has 2 saturated heterocycles. The first-order chi connectivity index (χ1) is 8.48. The van der Waals surface area contributed by atoms with Crippen LogP contribution in [-0.4, -0.2) is 54.2 Å². The van der Waals surface area contributed by atoms with Crippen molar-refractivity contribution >= 4 is 17.7 Å². The fourth-order valence-corrected chi connectivity index (χ4v) is 3.31. The van der Waals surface area contributed by atoms with Gasteiger partial charge in [-0.1, -0.05) is 0 Å². The molecule has 0 bridgehead atoms. The predicted octanol–water partition coefficient (Wildman–Crippen LogP) is 1.49. The zero-order valence-electron chi connectivity index (χ0n) is 10.0. The lowest BCUT2D eigenvalue weighted by atomic mass is 9.97. The third kappa shape index (κ3) is 3.32. The summed E-state index contributed by atoms with van der Waals surface area (Å²) in [5, 5.41) is 3.08. The molecular weight excluding hydrogens is 265 g/mol. The highest BCUT2D eigenvalue weighted by molar-refractivity contribution is 7.99. The molecule has 3 nitrogen and oxygen atoms in total. The number of nitrogens with zero attached hydrogens (tertiary/aromatic N) is 1. The minimum absolute atomic E-state index is 0.139. The second kappa shape index (κ2) is 5.69. The van der Waals surface area contributed by atoms with Gasteiger partial charge in [-0.25, -0.2) is 0 Å². The van der Waals surface area contributed by atoms with Crippen molar-refractivity contribution in [1.82, 2.24) is 10.2 Å². The summed E-state index contributed by atoms with van der Waals surface area (Å²) >= 11 is 1.67. The number of alkyl halides is 3. The van der Waals surface area contributed by atoms with Crippen LogP contribution < -0.4 is 5.32 Å². The minimum atomic E-state index is -4.19. The second-order valence-electron chi connectivity index (χ2n) is 4.75. The molecule has 0 aromatic rings. The minimum Gasteiger partial charge on any atom is -0.341 e. The van der Waals surface area contributed by atoms with E-state index in [1.54, 1.807) is 11.8 Å². The van der Waals surface area contributed by atoms with Crippen molar-refractivity contribution < 1.29 is 18.0 Å². The quantitative estimate of drug-likeness (QED) is 0.791. The second-order valence-corrected chi connectivity index (χ2v) is 5.90. The number of hydrogen-bond donors (Lipinski definition) is 1. The largest absolute Gasteiger partial charge is 0.393 e. The van der Waals surface area contributed by atoms with Gasteiger partial charge in [-0.15, -0.1) is 0 Å². The average Bonchev–Trinajstić information content (AvgIpc) is 2.38. The summed E-state index contributed by atoms with van der Waals surface area (Å²) in [6.07, 6.45) is -3.61. The van der Waals surface area contributed by atoms with Crippen LogP contribution in [0.15, 0.2) is 0 Å². The molecule has 0 spiro atoms. The monoisotopic (exact) mass is 282 g/mol. The van der Waals surface area contributed by atoms with Gasteiger partial charge in [0.1, 0.15) is 0 Å². The van der Waals surface area contributed by atoms with E-state index in [4.69, 9.17) is 0 Å². The van der Waals surface area contributed by atoms with Crippen molar-refractivity contribution in [1.29, 1.82) is 0 Å². The molecule has 0 aliphatic carbocycles. The Bertz CT molecular complexity index is 305. The summed E-state index contributed by atoms with van der Waals surface area (Å²) in [6.45, 7) is 1.02. The first-order valence-electron chi connectivity index (χ1n) is 6.15. The summed E-state index contributed by atoms with van der Waals surface area (Å²) in [5.74, 6) is 0.0867. The molecule has 2 atom stereocenters. The van der Waals surface area contributed by atoms with Crippen LogP contribution in [0.25, 0.3) is 0 Å². The third-order valence-corrected chi connectivity index (χ3v) is 4.48. The number of amides is 1. The molecule has 2 aliphatic rings. The van der Waals surface area contributed by atoms with Crippen molar-refractivity contribution in [2.75, 3.05) is 31.1 Å². The SMILES string of the molecule is O=C(C1CSCCN1)N1CCCC(C(F)(F)F)C1. The predicted molar refractivity (Wildman–Crippen MR) is 64.5 cm³/mol. The average molecular weight is 282 g/mol. The number of likely N-dealkylation sites (tertiary alicyclic amines) is 1. The molecule has 1 amide bonds. The normalized spacial score (nSPS) is 30.3. The van der Waals surface area contributed by atoms with Crippen LogP contribution in [0.2, 0.25) is 0 Å². The Morgan fingerprint density at radius 1 is 1.39 bits per heavy atom. The van der Waals surface area contributed by atoms with Crippen LogP contribution in [-0.2, 0) is 4.79 Å². The molecule has 2 heterocycles. The van der Waals surface area contributed by atoms with Crippen molar-refractivity contribution in [2.45, 2.75) is 25.1 Å². The van der Waals surface area contributed by atoms with Gasteiger partial charge in [0.25, 0.3) is 0 Å². The zero-order valence-corrected chi connectivity index (χ0v) is 10.8. The number of thioether (sulfide) groups is 1. The molecule has 0 radical (unpaired) electrons. The molecule has 2 fully saturated rings. The lowest BCUT2D eigenvalue weighted by Gasteiger charge is -2.36. The van der Waals surface area contributed by atoms with Gasteiger partial charge in [0, 0.05) is 31.1 Å². The number of carbonyl (C=O) groups is 1. The summed E-state index contributed by atoms with van der Waals surface area (Å²) in [4.78, 5) is 13.5. The maximum Gasteiger partial charge on any atom is 0.393 e. The third-order valence-electron chi connectivity index (χ3n) is 3.42. The molecule has 18 heavy (non-hydrogen) atoms. The van der Waals surface area contributed by atoms with E-state index in [9.17, 15) is 18.0 Å². The molecule has 2 rings (SSSR count). The Morgan fingerprint density at radius 3 is 2.78 bits per heavy atom. The Hall–Kier alpha value is -0.430. The maximum absolute atomic E-state index is 12.7.